The van der Waals surface area contributed by atoms with Crippen LogP contribution in [0.5, 0.6) is 0 Å². The highest BCUT2D eigenvalue weighted by molar-refractivity contribution is 9.10. The van der Waals surface area contributed by atoms with Gasteiger partial charge in [0.05, 0.1) is 15.6 Å². The van der Waals surface area contributed by atoms with Crippen LogP contribution < -0.4 is 0 Å². The van der Waals surface area contributed by atoms with Gasteiger partial charge in [-0.1, -0.05) is 6.07 Å². The van der Waals surface area contributed by atoms with E-state index in [9.17, 15) is 9.50 Å². The first-order valence-corrected chi connectivity index (χ1v) is 6.35. The van der Waals surface area contributed by atoms with Gasteiger partial charge in [-0.25, -0.2) is 9.37 Å². The summed E-state index contributed by atoms with van der Waals surface area (Å²) < 4.78 is 13.4. The zero-order chi connectivity index (χ0) is 11.5. The Bertz CT molecular complexity index is 475. The minimum atomic E-state index is -0.650. The Morgan fingerprint density at radius 1 is 1.50 bits per heavy atom. The highest BCUT2D eigenvalue weighted by Crippen LogP contribution is 2.24. The number of rotatable bonds is 3. The molecule has 0 aliphatic rings. The van der Waals surface area contributed by atoms with Crippen molar-refractivity contribution in [2.75, 3.05) is 0 Å². The fraction of sp³-hybridized carbons (Fsp3) is 0.182. The summed E-state index contributed by atoms with van der Waals surface area (Å²) in [5.41, 5.74) is 0.684. The van der Waals surface area contributed by atoms with Gasteiger partial charge in [-0.3, -0.25) is 0 Å². The average molecular weight is 302 g/mol. The van der Waals surface area contributed by atoms with Gasteiger partial charge in [-0.15, -0.1) is 11.3 Å². The predicted molar refractivity (Wildman–Crippen MR) is 64.9 cm³/mol. The van der Waals surface area contributed by atoms with Crippen LogP contribution in [-0.4, -0.2) is 10.1 Å². The SMILES string of the molecule is OC(Cc1nccs1)c1ccc(F)c(Br)c1. The average Bonchev–Trinajstić information content (AvgIpc) is 2.74. The largest absolute Gasteiger partial charge is 0.388 e. The first-order valence-electron chi connectivity index (χ1n) is 4.68. The third kappa shape index (κ3) is 2.66. The summed E-state index contributed by atoms with van der Waals surface area (Å²) >= 11 is 4.59. The number of hydrogen-bond acceptors (Lipinski definition) is 3. The lowest BCUT2D eigenvalue weighted by Gasteiger charge is -2.09. The zero-order valence-electron chi connectivity index (χ0n) is 8.23. The van der Waals surface area contributed by atoms with Gasteiger partial charge in [0.1, 0.15) is 5.82 Å². The maximum absolute atomic E-state index is 13.0. The van der Waals surface area contributed by atoms with Crippen molar-refractivity contribution in [3.8, 4) is 0 Å². The molecule has 0 radical (unpaired) electrons. The third-order valence-corrected chi connectivity index (χ3v) is 3.59. The van der Waals surface area contributed by atoms with E-state index in [1.807, 2.05) is 5.38 Å². The van der Waals surface area contributed by atoms with Gasteiger partial charge < -0.3 is 5.11 Å². The number of aliphatic hydroxyl groups excluding tert-OH is 1. The molecule has 2 nitrogen and oxygen atoms in total. The van der Waals surface area contributed by atoms with Crippen LogP contribution in [-0.2, 0) is 6.42 Å². The predicted octanol–water partition coefficient (Wildman–Crippen LogP) is 3.32. The Morgan fingerprint density at radius 3 is 2.94 bits per heavy atom. The molecule has 0 bridgehead atoms. The van der Waals surface area contributed by atoms with Crippen molar-refractivity contribution in [1.82, 2.24) is 4.98 Å². The lowest BCUT2D eigenvalue weighted by molar-refractivity contribution is 0.178. The number of halogens is 2. The molecule has 1 N–H and O–H groups in total. The van der Waals surface area contributed by atoms with Gasteiger partial charge in [0.15, 0.2) is 0 Å². The first-order chi connectivity index (χ1) is 7.66. The maximum Gasteiger partial charge on any atom is 0.137 e. The summed E-state index contributed by atoms with van der Waals surface area (Å²) in [7, 11) is 0. The van der Waals surface area contributed by atoms with Crippen molar-refractivity contribution < 1.29 is 9.50 Å². The molecule has 1 aromatic carbocycles. The topological polar surface area (TPSA) is 33.1 Å². The fourth-order valence-corrected chi connectivity index (χ4v) is 2.41. The third-order valence-electron chi connectivity index (χ3n) is 2.18. The summed E-state index contributed by atoms with van der Waals surface area (Å²) in [6.45, 7) is 0. The molecule has 0 aliphatic carbocycles. The number of hydrogen-bond donors (Lipinski definition) is 1. The van der Waals surface area contributed by atoms with Gasteiger partial charge in [0, 0.05) is 18.0 Å². The van der Waals surface area contributed by atoms with Crippen molar-refractivity contribution in [2.45, 2.75) is 12.5 Å². The number of nitrogens with zero attached hydrogens (tertiary/aromatic N) is 1. The normalized spacial score (nSPS) is 12.7. The summed E-state index contributed by atoms with van der Waals surface area (Å²) in [5, 5.41) is 12.7. The summed E-state index contributed by atoms with van der Waals surface area (Å²) in [5.74, 6) is -0.329. The van der Waals surface area contributed by atoms with Crippen LogP contribution in [0.25, 0.3) is 0 Å². The van der Waals surface area contributed by atoms with E-state index in [2.05, 4.69) is 20.9 Å². The van der Waals surface area contributed by atoms with Crippen LogP contribution >= 0.6 is 27.3 Å². The minimum absolute atomic E-state index is 0.329. The van der Waals surface area contributed by atoms with Gasteiger partial charge in [-0.2, -0.15) is 0 Å². The second kappa shape index (κ2) is 5.03. The number of aromatic nitrogens is 1. The quantitative estimate of drug-likeness (QED) is 0.943. The lowest BCUT2D eigenvalue weighted by atomic mass is 10.1. The monoisotopic (exact) mass is 301 g/mol. The lowest BCUT2D eigenvalue weighted by Crippen LogP contribution is -2.01. The summed E-state index contributed by atoms with van der Waals surface area (Å²) in [6, 6.07) is 4.51. The number of benzene rings is 1. The van der Waals surface area contributed by atoms with E-state index in [1.165, 1.54) is 17.4 Å². The molecule has 84 valence electrons. The van der Waals surface area contributed by atoms with E-state index in [1.54, 1.807) is 18.3 Å². The summed E-state index contributed by atoms with van der Waals surface area (Å²) in [4.78, 5) is 4.09. The van der Waals surface area contributed by atoms with Crippen LogP contribution in [0.15, 0.2) is 34.2 Å². The Balaban J connectivity index is 2.14. The molecule has 16 heavy (non-hydrogen) atoms. The molecule has 2 rings (SSSR count). The van der Waals surface area contributed by atoms with Gasteiger partial charge in [-0.05, 0) is 33.6 Å². The molecule has 5 heteroatoms. The number of thiazole rings is 1. The molecule has 1 aromatic heterocycles. The Kier molecular flexibility index (Phi) is 3.68. The molecule has 0 amide bonds. The van der Waals surface area contributed by atoms with E-state index in [0.29, 0.717) is 16.5 Å². The molecule has 0 aliphatic heterocycles. The highest BCUT2D eigenvalue weighted by Gasteiger charge is 2.11. The van der Waals surface area contributed by atoms with Crippen molar-refractivity contribution in [3.05, 3.63) is 50.6 Å². The van der Waals surface area contributed by atoms with Gasteiger partial charge >= 0.3 is 0 Å². The smallest absolute Gasteiger partial charge is 0.137 e. The Morgan fingerprint density at radius 2 is 2.31 bits per heavy atom. The van der Waals surface area contributed by atoms with Crippen molar-refractivity contribution in [1.29, 1.82) is 0 Å². The standard InChI is InChI=1S/C11H9BrFNOS/c12-8-5-7(1-2-9(8)13)10(15)6-11-14-3-4-16-11/h1-5,10,15H,6H2. The van der Waals surface area contributed by atoms with Crippen LogP contribution in [0.2, 0.25) is 0 Å². The van der Waals surface area contributed by atoms with Crippen LogP contribution in [0.4, 0.5) is 4.39 Å². The molecule has 2 aromatic rings. The Hall–Kier alpha value is -0.780. The molecule has 0 saturated carbocycles. The van der Waals surface area contributed by atoms with Gasteiger partial charge in [0.25, 0.3) is 0 Å². The highest BCUT2D eigenvalue weighted by atomic mass is 79.9. The van der Waals surface area contributed by atoms with Gasteiger partial charge in [0.2, 0.25) is 0 Å². The van der Waals surface area contributed by atoms with E-state index < -0.39 is 6.10 Å². The minimum Gasteiger partial charge on any atom is -0.388 e. The van der Waals surface area contributed by atoms with Crippen LogP contribution in [0.1, 0.15) is 16.7 Å². The van der Waals surface area contributed by atoms with E-state index in [-0.39, 0.29) is 5.82 Å². The van der Waals surface area contributed by atoms with Crippen LogP contribution in [0, 0.1) is 5.82 Å². The van der Waals surface area contributed by atoms with Crippen molar-refractivity contribution in [2.24, 2.45) is 0 Å². The van der Waals surface area contributed by atoms with Crippen molar-refractivity contribution >= 4 is 27.3 Å². The molecule has 0 spiro atoms. The molecular formula is C11H9BrFNOS. The second-order valence-corrected chi connectivity index (χ2v) is 5.15. The summed E-state index contributed by atoms with van der Waals surface area (Å²) in [6.07, 6.45) is 1.51. The molecule has 1 heterocycles. The van der Waals surface area contributed by atoms with Crippen molar-refractivity contribution in [3.63, 3.8) is 0 Å². The zero-order valence-corrected chi connectivity index (χ0v) is 10.6. The fourth-order valence-electron chi connectivity index (χ4n) is 1.36. The second-order valence-electron chi connectivity index (χ2n) is 3.32. The van der Waals surface area contributed by atoms with E-state index in [0.717, 1.165) is 5.01 Å². The van der Waals surface area contributed by atoms with E-state index >= 15 is 0 Å². The van der Waals surface area contributed by atoms with E-state index in [4.69, 9.17) is 0 Å². The van der Waals surface area contributed by atoms with Crippen LogP contribution in [0.3, 0.4) is 0 Å². The molecule has 1 atom stereocenters. The maximum atomic E-state index is 13.0. The molecule has 0 fully saturated rings. The molecule has 0 saturated heterocycles. The number of aliphatic hydroxyl groups is 1. The molecule has 1 unspecified atom stereocenters. The Labute approximate surface area is 105 Å². The molecular weight excluding hydrogens is 293 g/mol. The first kappa shape index (κ1) is 11.7.